The molecule has 0 saturated heterocycles. The van der Waals surface area contributed by atoms with Crippen LogP contribution in [0.2, 0.25) is 0 Å². The lowest BCUT2D eigenvalue weighted by Crippen LogP contribution is -2.11. The van der Waals surface area contributed by atoms with Crippen LogP contribution in [0.25, 0.3) is 21.5 Å². The molecule has 0 aliphatic heterocycles. The second kappa shape index (κ2) is 7.49. The van der Waals surface area contributed by atoms with Gasteiger partial charge in [0, 0.05) is 23.9 Å². The van der Waals surface area contributed by atoms with Crippen LogP contribution in [0.4, 0.5) is 5.69 Å². The van der Waals surface area contributed by atoms with Crippen LogP contribution in [-0.4, -0.2) is 16.0 Å². The fraction of sp³-hybridized carbons (Fsp3) is 0.150. The van der Waals surface area contributed by atoms with Gasteiger partial charge in [-0.25, -0.2) is 0 Å². The fourth-order valence-corrected chi connectivity index (χ4v) is 3.46. The molecule has 6 heteroatoms. The Balaban J connectivity index is 1.33. The fourth-order valence-electron chi connectivity index (χ4n) is 2.81. The van der Waals surface area contributed by atoms with E-state index in [1.807, 2.05) is 60.0 Å². The van der Waals surface area contributed by atoms with E-state index in [0.717, 1.165) is 21.3 Å². The van der Waals surface area contributed by atoms with Gasteiger partial charge in [-0.1, -0.05) is 47.6 Å². The van der Waals surface area contributed by atoms with E-state index >= 15 is 0 Å². The van der Waals surface area contributed by atoms with Crippen molar-refractivity contribution in [3.63, 3.8) is 0 Å². The minimum Gasteiger partial charge on any atom is -0.339 e. The number of aromatic nitrogens is 2. The minimum absolute atomic E-state index is 0.0145. The third-order valence-electron chi connectivity index (χ3n) is 4.07. The second-order valence-corrected chi connectivity index (χ2v) is 6.87. The first-order valence-electron chi connectivity index (χ1n) is 8.44. The van der Waals surface area contributed by atoms with E-state index < -0.39 is 0 Å². The molecule has 2 aromatic carbocycles. The van der Waals surface area contributed by atoms with Gasteiger partial charge in [0.1, 0.15) is 0 Å². The van der Waals surface area contributed by atoms with Crippen molar-refractivity contribution in [1.82, 2.24) is 10.1 Å². The van der Waals surface area contributed by atoms with Crippen molar-refractivity contribution < 1.29 is 9.32 Å². The molecule has 2 heterocycles. The largest absolute Gasteiger partial charge is 0.339 e. The Morgan fingerprint density at radius 3 is 2.85 bits per heavy atom. The smallest absolute Gasteiger partial charge is 0.226 e. The molecule has 0 bridgehead atoms. The lowest BCUT2D eigenvalue weighted by atomic mass is 10.1. The summed E-state index contributed by atoms with van der Waals surface area (Å²) < 4.78 is 5.26. The third kappa shape index (κ3) is 3.65. The predicted octanol–water partition coefficient (Wildman–Crippen LogP) is 4.91. The van der Waals surface area contributed by atoms with E-state index in [1.165, 1.54) is 0 Å². The van der Waals surface area contributed by atoms with E-state index in [1.54, 1.807) is 11.3 Å². The number of fused-ring (bicyclic) bond motifs is 1. The molecule has 1 amide bonds. The van der Waals surface area contributed by atoms with Gasteiger partial charge in [0.05, 0.1) is 4.88 Å². The van der Waals surface area contributed by atoms with Crippen molar-refractivity contribution in [3.05, 3.63) is 65.9 Å². The molecule has 1 N–H and O–H groups in total. The molecule has 0 atom stereocenters. The quantitative estimate of drug-likeness (QED) is 0.528. The highest BCUT2D eigenvalue weighted by atomic mass is 32.1. The Labute approximate surface area is 154 Å². The molecule has 26 heavy (non-hydrogen) atoms. The van der Waals surface area contributed by atoms with Crippen LogP contribution in [0.5, 0.6) is 0 Å². The van der Waals surface area contributed by atoms with Gasteiger partial charge in [0.25, 0.3) is 0 Å². The molecule has 0 fully saturated rings. The maximum absolute atomic E-state index is 12.3. The summed E-state index contributed by atoms with van der Waals surface area (Å²) >= 11 is 1.57. The van der Waals surface area contributed by atoms with E-state index in [4.69, 9.17) is 4.52 Å². The van der Waals surface area contributed by atoms with Gasteiger partial charge in [-0.2, -0.15) is 4.98 Å². The number of rotatable bonds is 6. The minimum atomic E-state index is -0.0145. The summed E-state index contributed by atoms with van der Waals surface area (Å²) in [7, 11) is 0. The lowest BCUT2D eigenvalue weighted by Gasteiger charge is -2.08. The molecule has 2 aromatic heterocycles. The summed E-state index contributed by atoms with van der Waals surface area (Å²) in [6, 6.07) is 17.8. The first-order valence-corrected chi connectivity index (χ1v) is 9.31. The van der Waals surface area contributed by atoms with Crippen molar-refractivity contribution in [3.8, 4) is 10.7 Å². The Hall–Kier alpha value is -2.99. The van der Waals surface area contributed by atoms with E-state index in [2.05, 4.69) is 15.5 Å². The monoisotopic (exact) mass is 363 g/mol. The normalized spacial score (nSPS) is 10.9. The number of anilines is 1. The third-order valence-corrected chi connectivity index (χ3v) is 4.93. The molecule has 0 aliphatic rings. The number of carbonyl (C=O) groups excluding carboxylic acids is 1. The highest BCUT2D eigenvalue weighted by molar-refractivity contribution is 7.13. The Bertz CT molecular complexity index is 1020. The number of nitrogens with zero attached hydrogens (tertiary/aromatic N) is 2. The Morgan fingerprint density at radius 1 is 1.08 bits per heavy atom. The molecule has 0 aliphatic carbocycles. The number of carbonyl (C=O) groups is 1. The molecule has 4 aromatic rings. The first kappa shape index (κ1) is 16.5. The second-order valence-electron chi connectivity index (χ2n) is 5.92. The van der Waals surface area contributed by atoms with E-state index in [-0.39, 0.29) is 5.91 Å². The van der Waals surface area contributed by atoms with Gasteiger partial charge >= 0.3 is 0 Å². The van der Waals surface area contributed by atoms with Crippen LogP contribution in [0.1, 0.15) is 18.7 Å². The number of hydrogen-bond acceptors (Lipinski definition) is 5. The van der Waals surface area contributed by atoms with Gasteiger partial charge in [0.15, 0.2) is 0 Å². The Morgan fingerprint density at radius 2 is 1.96 bits per heavy atom. The molecule has 130 valence electrons. The SMILES string of the molecule is O=C(CCCc1nc(-c2cccs2)no1)Nc1cccc2ccccc12. The zero-order valence-electron chi connectivity index (χ0n) is 14.0. The number of nitrogens with one attached hydrogen (secondary N) is 1. The van der Waals surface area contributed by atoms with Crippen LogP contribution in [-0.2, 0) is 11.2 Å². The molecular formula is C20H17N3O2S. The van der Waals surface area contributed by atoms with Crippen LogP contribution in [0, 0.1) is 0 Å². The van der Waals surface area contributed by atoms with Gasteiger partial charge in [0.2, 0.25) is 17.6 Å². The van der Waals surface area contributed by atoms with E-state index in [0.29, 0.717) is 31.0 Å². The number of amides is 1. The first-order chi connectivity index (χ1) is 12.8. The van der Waals surface area contributed by atoms with Gasteiger partial charge < -0.3 is 9.84 Å². The molecular weight excluding hydrogens is 346 g/mol. The highest BCUT2D eigenvalue weighted by Crippen LogP contribution is 2.24. The van der Waals surface area contributed by atoms with Gasteiger partial charge in [-0.05, 0) is 29.3 Å². The van der Waals surface area contributed by atoms with Crippen LogP contribution < -0.4 is 5.32 Å². The number of thiophene rings is 1. The molecule has 4 rings (SSSR count). The molecule has 0 radical (unpaired) electrons. The van der Waals surface area contributed by atoms with Crippen molar-refractivity contribution in [2.24, 2.45) is 0 Å². The zero-order chi connectivity index (χ0) is 17.8. The van der Waals surface area contributed by atoms with Crippen LogP contribution in [0.15, 0.2) is 64.5 Å². The molecule has 0 saturated carbocycles. The summed E-state index contributed by atoms with van der Waals surface area (Å²) in [4.78, 5) is 17.6. The Kier molecular flexibility index (Phi) is 4.75. The van der Waals surface area contributed by atoms with Gasteiger partial charge in [-0.3, -0.25) is 4.79 Å². The molecule has 0 spiro atoms. The average Bonchev–Trinajstić information content (AvgIpc) is 3.34. The number of benzene rings is 2. The van der Waals surface area contributed by atoms with Crippen molar-refractivity contribution >= 4 is 33.7 Å². The number of hydrogen-bond donors (Lipinski definition) is 1. The van der Waals surface area contributed by atoms with E-state index in [9.17, 15) is 4.79 Å². The van der Waals surface area contributed by atoms with Crippen molar-refractivity contribution in [2.45, 2.75) is 19.3 Å². The zero-order valence-corrected chi connectivity index (χ0v) is 14.8. The standard InChI is InChI=1S/C20H17N3O2S/c24-18(21-16-9-3-7-14-6-1-2-8-15(14)16)11-4-12-19-22-20(23-25-19)17-10-5-13-26-17/h1-3,5-10,13H,4,11-12H2,(H,21,24). The maximum atomic E-state index is 12.3. The molecule has 5 nitrogen and oxygen atoms in total. The van der Waals surface area contributed by atoms with Crippen LogP contribution in [0.3, 0.4) is 0 Å². The number of aryl methyl sites for hydroxylation is 1. The van der Waals surface area contributed by atoms with Crippen LogP contribution >= 0.6 is 11.3 Å². The van der Waals surface area contributed by atoms with Crippen molar-refractivity contribution in [2.75, 3.05) is 5.32 Å². The van der Waals surface area contributed by atoms with Gasteiger partial charge in [-0.15, -0.1) is 11.3 Å². The predicted molar refractivity (Wildman–Crippen MR) is 103 cm³/mol. The highest BCUT2D eigenvalue weighted by Gasteiger charge is 2.11. The summed E-state index contributed by atoms with van der Waals surface area (Å²) in [6.45, 7) is 0. The van der Waals surface area contributed by atoms with Crippen molar-refractivity contribution in [1.29, 1.82) is 0 Å². The average molecular weight is 363 g/mol. The summed E-state index contributed by atoms with van der Waals surface area (Å²) in [5.41, 5.74) is 0.839. The summed E-state index contributed by atoms with van der Waals surface area (Å²) in [6.07, 6.45) is 1.64. The molecule has 0 unspecified atom stereocenters. The topological polar surface area (TPSA) is 68.0 Å². The maximum Gasteiger partial charge on any atom is 0.226 e. The summed E-state index contributed by atoms with van der Waals surface area (Å²) in [5, 5.41) is 11.1. The summed E-state index contributed by atoms with van der Waals surface area (Å²) in [5.74, 6) is 1.15. The lowest BCUT2D eigenvalue weighted by molar-refractivity contribution is -0.116.